The number of carbonyl (C=O) groups is 8. The van der Waals surface area contributed by atoms with E-state index in [1.54, 1.807) is 55.4 Å². The van der Waals surface area contributed by atoms with Crippen molar-refractivity contribution in [3.63, 3.8) is 0 Å². The van der Waals surface area contributed by atoms with Crippen molar-refractivity contribution in [2.45, 2.75) is 299 Å². The van der Waals surface area contributed by atoms with Gasteiger partial charge >= 0.3 is 0 Å². The fourth-order valence-electron chi connectivity index (χ4n) is 18.4. The highest BCUT2D eigenvalue weighted by Gasteiger charge is 2.56. The molecule has 0 aromatic rings. The molecule has 0 radical (unpaired) electrons. The molecule has 8 aliphatic carbocycles. The Morgan fingerprint density at radius 1 is 0.252 bits per heavy atom. The Hall–Kier alpha value is -5.04. The standard InChI is InChI=1S/3C12H21NO.2C11H19NO.2C10H17NO.C9H15NO/c1-4-7-11-8-5-6-9-12(11,13-3)10(2)14;1-4-6-11-7-5-8-12(9-11,13-3)10(2)14;1-4-5-11-6-8-12(13-3,9-7-11)10(2)14;1-4-6-10-7-5-8-11(10,12-3)9(2)13;1-4-5-10-6-7-11(8-10,12-3)9(2)13;1-4-5-9-6-10(7-9,11-3)8(2)12;1-4-5-9-6-7-10(9,11-3)8(2)12;1-4-5-8-6-9(8,10-3)7(2)11/h3*4,11,13H,1,5-9H2,2-3H3;2*4,10,12H,1,5-8H2,2-3H3;2*4,9,11H,1,5-7H2,2-3H3;4,8,10H,1,5-6H2,2-3H3. The Kier molecular flexibility index (Phi) is 43.7. The Morgan fingerprint density at radius 3 is 0.874 bits per heavy atom. The lowest BCUT2D eigenvalue weighted by Gasteiger charge is -2.47. The summed E-state index contributed by atoms with van der Waals surface area (Å²) in [5.74, 6) is 6.75. The summed E-state index contributed by atoms with van der Waals surface area (Å²) in [6.45, 7) is 43.3. The summed E-state index contributed by atoms with van der Waals surface area (Å²) < 4.78 is 0. The van der Waals surface area contributed by atoms with Crippen molar-refractivity contribution in [2.75, 3.05) is 56.4 Å². The average molecular weight is 1440 g/mol. The van der Waals surface area contributed by atoms with E-state index >= 15 is 0 Å². The van der Waals surface area contributed by atoms with Crippen molar-refractivity contribution in [1.29, 1.82) is 0 Å². The zero-order chi connectivity index (χ0) is 78.5. The van der Waals surface area contributed by atoms with Gasteiger partial charge in [0.25, 0.3) is 0 Å². The van der Waals surface area contributed by atoms with E-state index < -0.39 is 0 Å². The number of rotatable bonds is 32. The van der Waals surface area contributed by atoms with Crippen LogP contribution in [-0.4, -0.2) is 147 Å². The molecule has 8 aliphatic rings. The molecule has 586 valence electrons. The zero-order valence-electron chi connectivity index (χ0n) is 68.1. The van der Waals surface area contributed by atoms with Crippen molar-refractivity contribution in [3.8, 4) is 0 Å². The summed E-state index contributed by atoms with van der Waals surface area (Å²) in [6, 6.07) is 0. The van der Waals surface area contributed by atoms with Gasteiger partial charge in [0, 0.05) is 0 Å². The molecule has 8 rings (SSSR count). The second-order valence-electron chi connectivity index (χ2n) is 31.3. The smallest absolute Gasteiger partial charge is 0.150 e. The first-order valence-electron chi connectivity index (χ1n) is 39.2. The lowest BCUT2D eigenvalue weighted by Crippen LogP contribution is -2.61. The highest BCUT2D eigenvalue weighted by atomic mass is 16.2. The van der Waals surface area contributed by atoms with Crippen LogP contribution in [0.25, 0.3) is 0 Å². The fourth-order valence-corrected chi connectivity index (χ4v) is 18.4. The molecule has 0 aromatic heterocycles. The molecule has 16 nitrogen and oxygen atoms in total. The summed E-state index contributed by atoms with van der Waals surface area (Å²) in [6.07, 6.45) is 48.1. The number of ketones is 8. The van der Waals surface area contributed by atoms with Gasteiger partial charge in [-0.3, -0.25) is 38.4 Å². The van der Waals surface area contributed by atoms with Gasteiger partial charge in [-0.15, -0.1) is 52.6 Å². The van der Waals surface area contributed by atoms with Crippen molar-refractivity contribution in [1.82, 2.24) is 42.5 Å². The first-order chi connectivity index (χ1) is 48.8. The summed E-state index contributed by atoms with van der Waals surface area (Å²) in [5, 5.41) is 25.4. The van der Waals surface area contributed by atoms with Gasteiger partial charge in [-0.2, -0.15) is 0 Å². The van der Waals surface area contributed by atoms with Crippen LogP contribution in [0.4, 0.5) is 0 Å². The van der Waals surface area contributed by atoms with Crippen LogP contribution >= 0.6 is 0 Å². The molecule has 12 atom stereocenters. The molecule has 103 heavy (non-hydrogen) atoms. The van der Waals surface area contributed by atoms with Gasteiger partial charge in [-0.05, 0) is 332 Å². The quantitative estimate of drug-likeness (QED) is 0.0293. The van der Waals surface area contributed by atoms with Crippen molar-refractivity contribution in [3.05, 3.63) is 101 Å². The Balaban J connectivity index is 0.000000589. The van der Waals surface area contributed by atoms with Crippen LogP contribution in [0.5, 0.6) is 0 Å². The number of hydrogen-bond acceptors (Lipinski definition) is 16. The molecule has 0 aromatic carbocycles. The summed E-state index contributed by atoms with van der Waals surface area (Å²) >= 11 is 0. The molecule has 0 aliphatic heterocycles. The van der Waals surface area contributed by atoms with Gasteiger partial charge in [0.05, 0.1) is 44.3 Å². The maximum absolute atomic E-state index is 11.7. The average Bonchev–Trinajstić information content (AvgIpc) is 1.56. The highest BCUT2D eigenvalue weighted by molar-refractivity contribution is 5.91. The second-order valence-corrected chi connectivity index (χ2v) is 31.3. The van der Waals surface area contributed by atoms with E-state index in [1.165, 1.54) is 12.8 Å². The predicted octanol–water partition coefficient (Wildman–Crippen LogP) is 14.9. The van der Waals surface area contributed by atoms with Gasteiger partial charge in [0.2, 0.25) is 0 Å². The molecule has 0 amide bonds. The molecule has 16 heteroatoms. The van der Waals surface area contributed by atoms with Crippen LogP contribution in [0.3, 0.4) is 0 Å². The summed E-state index contributed by atoms with van der Waals surface area (Å²) in [4.78, 5) is 91.7. The van der Waals surface area contributed by atoms with Crippen molar-refractivity contribution in [2.24, 2.45) is 47.3 Å². The van der Waals surface area contributed by atoms with Crippen molar-refractivity contribution < 1.29 is 38.4 Å². The molecule has 0 saturated heterocycles. The van der Waals surface area contributed by atoms with Crippen LogP contribution in [-0.2, 0) is 38.4 Å². The van der Waals surface area contributed by atoms with Crippen LogP contribution in [0.1, 0.15) is 254 Å². The normalized spacial score (nSPS) is 33.3. The Labute approximate surface area is 627 Å². The molecular formula is C87H150N8O8. The molecule has 0 spiro atoms. The topological polar surface area (TPSA) is 233 Å². The molecule has 8 N–H and O–H groups in total. The van der Waals surface area contributed by atoms with E-state index in [0.29, 0.717) is 41.4 Å². The van der Waals surface area contributed by atoms with Crippen LogP contribution in [0, 0.1) is 47.3 Å². The molecule has 0 heterocycles. The van der Waals surface area contributed by atoms with E-state index in [2.05, 4.69) is 95.2 Å². The summed E-state index contributed by atoms with van der Waals surface area (Å²) in [5.41, 5.74) is -1.85. The number of Topliss-reactive ketones (excluding diaryl/α,β-unsaturated/α-hetero) is 8. The van der Waals surface area contributed by atoms with E-state index in [1.807, 2.05) is 105 Å². The van der Waals surface area contributed by atoms with Gasteiger partial charge in [0.1, 0.15) is 46.3 Å². The maximum Gasteiger partial charge on any atom is 0.150 e. The minimum Gasteiger partial charge on any atom is -0.308 e. The van der Waals surface area contributed by atoms with Crippen LogP contribution in [0.15, 0.2) is 101 Å². The number of hydrogen-bond donors (Lipinski definition) is 8. The first-order valence-corrected chi connectivity index (χ1v) is 39.2. The minimum absolute atomic E-state index is 0.200. The largest absolute Gasteiger partial charge is 0.308 e. The third-order valence-electron chi connectivity index (χ3n) is 26.0. The SMILES string of the molecule is C=CCC1CC(NC)(C(C)=O)C1.C=CCC1CC1(NC)C(C)=O.C=CCC1CCC(NC)(C(C)=O)C1.C=CCC1CCC(NC)(C(C)=O)CC1.C=CCC1CCC1(NC)C(C)=O.C=CCC1CCCC(NC)(C(C)=O)C1.C=CCC1CCCC1(NC)C(C)=O.C=CCC1CCCCC1(NC)C(C)=O. The number of likely N-dealkylation sites (N-methyl/N-ethyl adjacent to an activating group) is 8. The molecule has 0 bridgehead atoms. The molecule has 12 unspecified atom stereocenters. The van der Waals surface area contributed by atoms with Crippen molar-refractivity contribution >= 4 is 46.3 Å². The van der Waals surface area contributed by atoms with Gasteiger partial charge in [-0.1, -0.05) is 74.3 Å². The Bertz CT molecular complexity index is 2760. The lowest BCUT2D eigenvalue weighted by atomic mass is 9.63. The van der Waals surface area contributed by atoms with Crippen LogP contribution < -0.4 is 42.5 Å². The van der Waals surface area contributed by atoms with Gasteiger partial charge < -0.3 is 42.5 Å². The molecule has 8 fully saturated rings. The number of carbonyl (C=O) groups excluding carboxylic acids is 8. The van der Waals surface area contributed by atoms with Gasteiger partial charge in [0.15, 0.2) is 0 Å². The second kappa shape index (κ2) is 46.9. The maximum atomic E-state index is 11.7. The van der Waals surface area contributed by atoms with Gasteiger partial charge in [-0.25, -0.2) is 0 Å². The molecular weight excluding hydrogens is 1290 g/mol. The minimum atomic E-state index is -0.271. The van der Waals surface area contributed by atoms with E-state index in [9.17, 15) is 38.4 Å². The fraction of sp³-hybridized carbons (Fsp3) is 0.724. The lowest BCUT2D eigenvalue weighted by molar-refractivity contribution is -0.130. The van der Waals surface area contributed by atoms with E-state index in [0.717, 1.165) is 192 Å². The monoisotopic (exact) mass is 1440 g/mol. The number of nitrogens with one attached hydrogen (secondary N) is 8. The summed E-state index contributed by atoms with van der Waals surface area (Å²) in [7, 11) is 15.1. The predicted molar refractivity (Wildman–Crippen MR) is 432 cm³/mol. The third-order valence-corrected chi connectivity index (χ3v) is 26.0. The Morgan fingerprint density at radius 2 is 0.544 bits per heavy atom. The van der Waals surface area contributed by atoms with E-state index in [-0.39, 0.29) is 90.6 Å². The highest BCUT2D eigenvalue weighted by Crippen LogP contribution is 2.47. The number of allylic oxidation sites excluding steroid dienone is 8. The third kappa shape index (κ3) is 25.8. The first kappa shape index (κ1) is 96.0. The van der Waals surface area contributed by atoms with Crippen LogP contribution in [0.2, 0.25) is 0 Å². The zero-order valence-corrected chi connectivity index (χ0v) is 68.1. The van der Waals surface area contributed by atoms with E-state index in [4.69, 9.17) is 0 Å². The molecule has 8 saturated carbocycles.